The second kappa shape index (κ2) is 7.14. The van der Waals surface area contributed by atoms with Crippen LogP contribution < -0.4 is 5.32 Å². The maximum Gasteiger partial charge on any atom is 0.251 e. The number of rotatable bonds is 4. The van der Waals surface area contributed by atoms with Gasteiger partial charge in [-0.1, -0.05) is 30.3 Å². The molecular weight excluding hydrogens is 321 g/mol. The van der Waals surface area contributed by atoms with Crippen molar-refractivity contribution >= 4 is 11.8 Å². The van der Waals surface area contributed by atoms with Gasteiger partial charge < -0.3 is 10.2 Å². The summed E-state index contributed by atoms with van der Waals surface area (Å²) in [5.41, 5.74) is 0.989. The van der Waals surface area contributed by atoms with Crippen molar-refractivity contribution in [1.82, 2.24) is 10.2 Å². The molecule has 2 amide bonds. The quantitative estimate of drug-likeness (QED) is 0.930. The molecule has 0 saturated carbocycles. The van der Waals surface area contributed by atoms with Crippen molar-refractivity contribution in [2.24, 2.45) is 0 Å². The fraction of sp³-hybridized carbons (Fsp3) is 0.211. The molecule has 2 aromatic rings. The molecule has 1 saturated heterocycles. The fourth-order valence-electron chi connectivity index (χ4n) is 2.83. The average molecular weight is 337 g/mol. The first kappa shape index (κ1) is 16.7. The largest absolute Gasteiger partial charge is 0.340 e. The van der Waals surface area contributed by atoms with E-state index >= 15 is 0 Å². The van der Waals surface area contributed by atoms with Gasteiger partial charge in [-0.15, -0.1) is 0 Å². The van der Waals surface area contributed by atoms with Gasteiger partial charge in [0.1, 0.15) is 17.9 Å². The number of nitriles is 1. The minimum atomic E-state index is -0.676. The molecule has 1 aliphatic rings. The van der Waals surface area contributed by atoms with Crippen molar-refractivity contribution in [2.45, 2.75) is 19.0 Å². The van der Waals surface area contributed by atoms with Crippen molar-refractivity contribution < 1.29 is 14.0 Å². The van der Waals surface area contributed by atoms with Crippen LogP contribution >= 0.6 is 0 Å². The summed E-state index contributed by atoms with van der Waals surface area (Å²) in [6.45, 7) is 1.06. The van der Waals surface area contributed by atoms with Crippen LogP contribution in [0.3, 0.4) is 0 Å². The maximum atomic E-state index is 13.3. The summed E-state index contributed by atoms with van der Waals surface area (Å²) < 4.78 is 13.3. The van der Waals surface area contributed by atoms with E-state index in [4.69, 9.17) is 5.26 Å². The second-order valence-corrected chi connectivity index (χ2v) is 5.87. The maximum absolute atomic E-state index is 13.3. The van der Waals surface area contributed by atoms with Crippen LogP contribution in [0.1, 0.15) is 27.9 Å². The van der Waals surface area contributed by atoms with E-state index in [9.17, 15) is 14.0 Å². The monoisotopic (exact) mass is 337 g/mol. The minimum absolute atomic E-state index is 0.139. The lowest BCUT2D eigenvalue weighted by molar-refractivity contribution is -0.129. The molecule has 126 valence electrons. The molecule has 1 aliphatic heterocycles. The number of likely N-dealkylation sites (tertiary alicyclic amines) is 1. The molecule has 25 heavy (non-hydrogen) atoms. The zero-order valence-electron chi connectivity index (χ0n) is 13.4. The smallest absolute Gasteiger partial charge is 0.251 e. The Morgan fingerprint density at radius 1 is 1.28 bits per heavy atom. The van der Waals surface area contributed by atoms with Crippen molar-refractivity contribution in [3.8, 4) is 6.07 Å². The molecule has 1 N–H and O–H groups in total. The number of carbonyl (C=O) groups is 2. The number of nitrogens with one attached hydrogen (secondary N) is 1. The number of amides is 2. The molecule has 0 aliphatic carbocycles. The Labute approximate surface area is 144 Å². The van der Waals surface area contributed by atoms with E-state index in [0.717, 1.165) is 11.6 Å². The van der Waals surface area contributed by atoms with Crippen LogP contribution in [0.25, 0.3) is 0 Å². The van der Waals surface area contributed by atoms with Gasteiger partial charge in [0.05, 0.1) is 5.56 Å². The van der Waals surface area contributed by atoms with Gasteiger partial charge in [0.2, 0.25) is 5.91 Å². The Morgan fingerprint density at radius 3 is 2.76 bits per heavy atom. The second-order valence-electron chi connectivity index (χ2n) is 5.87. The summed E-state index contributed by atoms with van der Waals surface area (Å²) in [7, 11) is 0. The topological polar surface area (TPSA) is 73.2 Å². The van der Waals surface area contributed by atoms with Crippen LogP contribution in [-0.2, 0) is 11.3 Å². The zero-order valence-corrected chi connectivity index (χ0v) is 13.4. The third-order valence-corrected chi connectivity index (χ3v) is 4.17. The Balaban J connectivity index is 1.65. The van der Waals surface area contributed by atoms with Crippen LogP contribution in [0.4, 0.5) is 4.39 Å². The van der Waals surface area contributed by atoms with Crippen LogP contribution in [0, 0.1) is 17.1 Å². The van der Waals surface area contributed by atoms with Crippen molar-refractivity contribution in [3.05, 3.63) is 71.0 Å². The Kier molecular flexibility index (Phi) is 4.75. The van der Waals surface area contributed by atoms with Crippen molar-refractivity contribution in [2.75, 3.05) is 6.54 Å². The third-order valence-electron chi connectivity index (χ3n) is 4.17. The van der Waals surface area contributed by atoms with Gasteiger partial charge in [-0.25, -0.2) is 4.39 Å². The lowest BCUT2D eigenvalue weighted by Crippen LogP contribution is -2.41. The molecule has 5 nitrogen and oxygen atoms in total. The van der Waals surface area contributed by atoms with Crippen molar-refractivity contribution in [3.63, 3.8) is 0 Å². The zero-order chi connectivity index (χ0) is 17.8. The Morgan fingerprint density at radius 2 is 2.04 bits per heavy atom. The number of hydrogen-bond donors (Lipinski definition) is 1. The molecule has 0 bridgehead atoms. The predicted molar refractivity (Wildman–Crippen MR) is 88.8 cm³/mol. The number of benzene rings is 2. The van der Waals surface area contributed by atoms with E-state index < -0.39 is 17.8 Å². The van der Waals surface area contributed by atoms with Crippen molar-refractivity contribution in [1.29, 1.82) is 5.26 Å². The minimum Gasteiger partial charge on any atom is -0.340 e. The highest BCUT2D eigenvalue weighted by molar-refractivity contribution is 5.98. The summed E-state index contributed by atoms with van der Waals surface area (Å²) in [5.74, 6) is -1.30. The summed E-state index contributed by atoms with van der Waals surface area (Å²) in [4.78, 5) is 26.4. The SMILES string of the molecule is N#Cc1cc(C(=O)NC2CCN(Cc3ccccc3)C2=O)ccc1F. The Hall–Kier alpha value is -3.20. The van der Waals surface area contributed by atoms with Gasteiger partial charge >= 0.3 is 0 Å². The van der Waals surface area contributed by atoms with E-state index in [-0.39, 0.29) is 17.0 Å². The number of hydrogen-bond acceptors (Lipinski definition) is 3. The van der Waals surface area contributed by atoms with Gasteiger partial charge in [0, 0.05) is 18.7 Å². The molecule has 0 spiro atoms. The van der Waals surface area contributed by atoms with Crippen LogP contribution in [0.5, 0.6) is 0 Å². The number of halogens is 1. The number of nitrogens with zero attached hydrogens (tertiary/aromatic N) is 2. The first-order valence-electron chi connectivity index (χ1n) is 7.91. The molecule has 6 heteroatoms. The van der Waals surface area contributed by atoms with Gasteiger partial charge in [-0.2, -0.15) is 5.26 Å². The standard InChI is InChI=1S/C19H16FN3O2/c20-16-7-6-14(10-15(16)11-21)18(24)22-17-8-9-23(19(17)25)12-13-4-2-1-3-5-13/h1-7,10,17H,8-9,12H2,(H,22,24). The summed E-state index contributed by atoms with van der Waals surface area (Å²) in [5, 5.41) is 11.5. The molecule has 1 heterocycles. The molecule has 1 unspecified atom stereocenters. The Bertz CT molecular complexity index is 845. The van der Waals surface area contributed by atoms with Crippen LogP contribution in [-0.4, -0.2) is 29.3 Å². The molecular formula is C19H16FN3O2. The highest BCUT2D eigenvalue weighted by Crippen LogP contribution is 2.16. The highest BCUT2D eigenvalue weighted by atomic mass is 19.1. The highest BCUT2D eigenvalue weighted by Gasteiger charge is 2.32. The van der Waals surface area contributed by atoms with Gasteiger partial charge in [0.25, 0.3) is 5.91 Å². The predicted octanol–water partition coefficient (Wildman–Crippen LogP) is 2.23. The van der Waals surface area contributed by atoms with Crippen LogP contribution in [0.15, 0.2) is 48.5 Å². The first-order chi connectivity index (χ1) is 12.1. The van der Waals surface area contributed by atoms with E-state index in [0.29, 0.717) is 19.5 Å². The normalized spacial score (nSPS) is 16.6. The van der Waals surface area contributed by atoms with E-state index in [2.05, 4.69) is 5.32 Å². The lowest BCUT2D eigenvalue weighted by atomic mass is 10.1. The van der Waals surface area contributed by atoms with E-state index in [1.54, 1.807) is 11.0 Å². The van der Waals surface area contributed by atoms with Crippen LogP contribution in [0.2, 0.25) is 0 Å². The van der Waals surface area contributed by atoms with Gasteiger partial charge in [-0.3, -0.25) is 9.59 Å². The van der Waals surface area contributed by atoms with Gasteiger partial charge in [0.15, 0.2) is 0 Å². The van der Waals surface area contributed by atoms with E-state index in [1.165, 1.54) is 12.1 Å². The molecule has 0 radical (unpaired) electrons. The molecule has 0 aromatic heterocycles. The molecule has 3 rings (SSSR count). The summed E-state index contributed by atoms with van der Waals surface area (Å²) >= 11 is 0. The third kappa shape index (κ3) is 3.66. The summed E-state index contributed by atoms with van der Waals surface area (Å²) in [6, 6.07) is 14.3. The number of carbonyl (C=O) groups excluding carboxylic acids is 2. The first-order valence-corrected chi connectivity index (χ1v) is 7.91. The lowest BCUT2D eigenvalue weighted by Gasteiger charge is -2.17. The summed E-state index contributed by atoms with van der Waals surface area (Å²) in [6.07, 6.45) is 0.518. The molecule has 2 aromatic carbocycles. The van der Waals surface area contributed by atoms with Gasteiger partial charge in [-0.05, 0) is 30.2 Å². The molecule has 1 fully saturated rings. The fourth-order valence-corrected chi connectivity index (χ4v) is 2.83. The molecule has 1 atom stereocenters. The van der Waals surface area contributed by atoms with E-state index in [1.807, 2.05) is 30.3 Å². The average Bonchev–Trinajstić information content (AvgIpc) is 2.96.